The molecule has 0 spiro atoms. The van der Waals surface area contributed by atoms with Crippen LogP contribution in [0.2, 0.25) is 0 Å². The molecular weight excluding hydrogens is 442 g/mol. The lowest BCUT2D eigenvalue weighted by Crippen LogP contribution is -2.38. The average molecular weight is 463 g/mol. The van der Waals surface area contributed by atoms with Gasteiger partial charge in [0, 0.05) is 18.3 Å². The molecule has 9 nitrogen and oxygen atoms in total. The van der Waals surface area contributed by atoms with Crippen molar-refractivity contribution in [1.82, 2.24) is 34.0 Å². The predicted octanol–water partition coefficient (Wildman–Crippen LogP) is 2.66. The topological polar surface area (TPSA) is 102 Å². The van der Waals surface area contributed by atoms with Crippen molar-refractivity contribution in [2.24, 2.45) is 0 Å². The summed E-state index contributed by atoms with van der Waals surface area (Å²) in [6.07, 6.45) is -0.940. The maximum Gasteiger partial charge on any atom is 0.281 e. The summed E-state index contributed by atoms with van der Waals surface area (Å²) in [5.74, 6) is -2.44. The number of alkyl halides is 4. The van der Waals surface area contributed by atoms with E-state index >= 15 is 0 Å². The number of likely N-dealkylation sites (N-methyl/N-ethyl adjacent to an activating group) is 1. The van der Waals surface area contributed by atoms with Crippen LogP contribution in [-0.4, -0.2) is 72.6 Å². The molecule has 3 N–H and O–H groups in total. The Morgan fingerprint density at radius 3 is 2.70 bits per heavy atom. The van der Waals surface area contributed by atoms with Gasteiger partial charge in [-0.15, -0.1) is 5.10 Å². The first-order valence-corrected chi connectivity index (χ1v) is 10.2. The standard InChI is InChI=1S/C20H21F4N9/c1-10-26-13-4-3-12(27-18(13)32(10)8-15(21)22)11-5-6-33-16(11)17(25)29-19(30-33)28-14-7-31(2)9-20(14,23)24/h3-6,14-15H,7-9H2,1-2H3,(H3,25,28,29,30)/t14-/m1/s1. The van der Waals surface area contributed by atoms with Crippen molar-refractivity contribution in [3.63, 3.8) is 0 Å². The van der Waals surface area contributed by atoms with Crippen molar-refractivity contribution in [3.05, 3.63) is 30.2 Å². The number of nitrogens with two attached hydrogens (primary N) is 1. The quantitative estimate of drug-likeness (QED) is 0.439. The molecule has 1 atom stereocenters. The third-order valence-corrected chi connectivity index (χ3v) is 5.71. The first-order chi connectivity index (χ1) is 15.6. The number of hydrogen-bond donors (Lipinski definition) is 2. The van der Waals surface area contributed by atoms with E-state index < -0.39 is 24.9 Å². The van der Waals surface area contributed by atoms with Gasteiger partial charge in [-0.25, -0.2) is 32.0 Å². The second-order valence-corrected chi connectivity index (χ2v) is 8.20. The van der Waals surface area contributed by atoms with Crippen LogP contribution in [0.5, 0.6) is 0 Å². The van der Waals surface area contributed by atoms with Gasteiger partial charge in [-0.1, -0.05) is 0 Å². The zero-order valence-electron chi connectivity index (χ0n) is 17.8. The number of anilines is 2. The summed E-state index contributed by atoms with van der Waals surface area (Å²) >= 11 is 0. The highest BCUT2D eigenvalue weighted by Crippen LogP contribution is 2.31. The summed E-state index contributed by atoms with van der Waals surface area (Å²) in [5, 5.41) is 6.96. The van der Waals surface area contributed by atoms with E-state index in [9.17, 15) is 17.6 Å². The van der Waals surface area contributed by atoms with Gasteiger partial charge in [-0.3, -0.25) is 4.90 Å². The Hall–Kier alpha value is -3.48. The zero-order chi connectivity index (χ0) is 23.5. The molecule has 33 heavy (non-hydrogen) atoms. The van der Waals surface area contributed by atoms with E-state index in [0.29, 0.717) is 33.8 Å². The van der Waals surface area contributed by atoms with Crippen LogP contribution >= 0.6 is 0 Å². The second kappa shape index (κ2) is 7.54. The molecule has 1 aliphatic heterocycles. The molecule has 0 amide bonds. The molecule has 4 aromatic heterocycles. The van der Waals surface area contributed by atoms with Crippen molar-refractivity contribution < 1.29 is 17.6 Å². The smallest absolute Gasteiger partial charge is 0.281 e. The van der Waals surface area contributed by atoms with E-state index in [1.54, 1.807) is 38.4 Å². The number of halogens is 4. The molecule has 0 aliphatic carbocycles. The molecule has 174 valence electrons. The number of nitrogens with zero attached hydrogens (tertiary/aromatic N) is 7. The number of imidazole rings is 1. The first kappa shape index (κ1) is 21.4. The molecule has 13 heteroatoms. The Balaban J connectivity index is 1.53. The van der Waals surface area contributed by atoms with Gasteiger partial charge in [0.25, 0.3) is 12.3 Å². The minimum atomic E-state index is -2.93. The molecule has 1 aliphatic rings. The van der Waals surface area contributed by atoms with Crippen molar-refractivity contribution in [1.29, 1.82) is 0 Å². The van der Waals surface area contributed by atoms with Crippen LogP contribution in [0.4, 0.5) is 29.3 Å². The number of aryl methyl sites for hydroxylation is 1. The minimum absolute atomic E-state index is 0.0174. The van der Waals surface area contributed by atoms with E-state index in [1.165, 1.54) is 14.0 Å². The number of likely N-dealkylation sites (tertiary alicyclic amines) is 1. The van der Waals surface area contributed by atoms with Crippen LogP contribution in [0.15, 0.2) is 24.4 Å². The van der Waals surface area contributed by atoms with Crippen molar-refractivity contribution in [2.75, 3.05) is 31.2 Å². The van der Waals surface area contributed by atoms with Gasteiger partial charge in [0.1, 0.15) is 22.9 Å². The monoisotopic (exact) mass is 463 g/mol. The van der Waals surface area contributed by atoms with Gasteiger partial charge in [0.05, 0.1) is 18.8 Å². The number of nitrogen functional groups attached to an aromatic ring is 1. The summed E-state index contributed by atoms with van der Waals surface area (Å²) in [4.78, 5) is 14.5. The first-order valence-electron chi connectivity index (χ1n) is 10.2. The number of nitrogens with one attached hydrogen (secondary N) is 1. The fourth-order valence-corrected chi connectivity index (χ4v) is 4.23. The van der Waals surface area contributed by atoms with E-state index in [2.05, 4.69) is 25.4 Å². The van der Waals surface area contributed by atoms with Crippen LogP contribution in [0.25, 0.3) is 27.9 Å². The molecule has 0 bridgehead atoms. The molecule has 4 aromatic rings. The molecule has 0 aromatic carbocycles. The Morgan fingerprint density at radius 2 is 2.00 bits per heavy atom. The third-order valence-electron chi connectivity index (χ3n) is 5.71. The molecule has 5 heterocycles. The summed E-state index contributed by atoms with van der Waals surface area (Å²) in [7, 11) is 1.62. The van der Waals surface area contributed by atoms with Crippen LogP contribution < -0.4 is 11.1 Å². The Morgan fingerprint density at radius 1 is 1.21 bits per heavy atom. The normalized spacial score (nSPS) is 18.7. The van der Waals surface area contributed by atoms with Crippen molar-refractivity contribution in [3.8, 4) is 11.3 Å². The highest BCUT2D eigenvalue weighted by molar-refractivity contribution is 5.88. The van der Waals surface area contributed by atoms with Crippen LogP contribution in [-0.2, 0) is 6.54 Å². The van der Waals surface area contributed by atoms with E-state index in [4.69, 9.17) is 5.73 Å². The molecule has 1 saturated heterocycles. The number of pyridine rings is 1. The third kappa shape index (κ3) is 3.71. The largest absolute Gasteiger partial charge is 0.382 e. The van der Waals surface area contributed by atoms with E-state index in [-0.39, 0.29) is 24.9 Å². The van der Waals surface area contributed by atoms with Crippen LogP contribution in [0, 0.1) is 6.92 Å². The maximum atomic E-state index is 14.2. The lowest BCUT2D eigenvalue weighted by atomic mass is 10.2. The number of hydrogen-bond acceptors (Lipinski definition) is 7. The summed E-state index contributed by atoms with van der Waals surface area (Å²) in [5.41, 5.74) is 8.47. The van der Waals surface area contributed by atoms with Crippen LogP contribution in [0.1, 0.15) is 5.82 Å². The van der Waals surface area contributed by atoms with E-state index in [0.717, 1.165) is 0 Å². The molecule has 0 saturated carbocycles. The Bertz CT molecular complexity index is 1350. The number of rotatable bonds is 5. The fourth-order valence-electron chi connectivity index (χ4n) is 4.23. The molecule has 0 radical (unpaired) electrons. The molecule has 1 fully saturated rings. The highest BCUT2D eigenvalue weighted by atomic mass is 19.3. The second-order valence-electron chi connectivity index (χ2n) is 8.20. The summed E-state index contributed by atoms with van der Waals surface area (Å²) in [6.45, 7) is 0.909. The Labute approximate surface area is 185 Å². The predicted molar refractivity (Wildman–Crippen MR) is 115 cm³/mol. The fraction of sp³-hybridized carbons (Fsp3) is 0.400. The maximum absolute atomic E-state index is 14.2. The van der Waals surface area contributed by atoms with Crippen molar-refractivity contribution in [2.45, 2.75) is 31.9 Å². The zero-order valence-corrected chi connectivity index (χ0v) is 17.8. The van der Waals surface area contributed by atoms with Gasteiger partial charge in [0.2, 0.25) is 5.95 Å². The molecular formula is C20H21F4N9. The number of fused-ring (bicyclic) bond motifs is 2. The average Bonchev–Trinajstić information content (AvgIpc) is 3.35. The van der Waals surface area contributed by atoms with Gasteiger partial charge in [-0.05, 0) is 32.2 Å². The SMILES string of the molecule is Cc1nc2ccc(-c3ccn4nc(N[C@@H]5CN(C)CC5(F)F)nc(N)c34)nc2n1CC(F)F. The van der Waals surface area contributed by atoms with Crippen LogP contribution in [0.3, 0.4) is 0 Å². The van der Waals surface area contributed by atoms with Gasteiger partial charge >= 0.3 is 0 Å². The van der Waals surface area contributed by atoms with Crippen molar-refractivity contribution >= 4 is 28.4 Å². The lowest BCUT2D eigenvalue weighted by Gasteiger charge is -2.19. The summed E-state index contributed by atoms with van der Waals surface area (Å²) in [6, 6.07) is 3.97. The lowest BCUT2D eigenvalue weighted by molar-refractivity contribution is 0.00584. The molecule has 0 unspecified atom stereocenters. The van der Waals surface area contributed by atoms with E-state index in [1.807, 2.05) is 0 Å². The minimum Gasteiger partial charge on any atom is -0.382 e. The number of aromatic nitrogens is 6. The summed E-state index contributed by atoms with van der Waals surface area (Å²) < 4.78 is 57.2. The highest BCUT2D eigenvalue weighted by Gasteiger charge is 2.47. The molecule has 5 rings (SSSR count). The van der Waals surface area contributed by atoms with Gasteiger partial charge < -0.3 is 15.6 Å². The van der Waals surface area contributed by atoms with Gasteiger partial charge in [0.15, 0.2) is 11.5 Å². The Kier molecular flexibility index (Phi) is 4.88. The van der Waals surface area contributed by atoms with Gasteiger partial charge in [-0.2, -0.15) is 4.98 Å².